The van der Waals surface area contributed by atoms with Crippen molar-refractivity contribution in [1.29, 1.82) is 0 Å². The molecule has 0 atom stereocenters. The molecule has 0 aliphatic rings. The van der Waals surface area contributed by atoms with Crippen molar-refractivity contribution in [3.8, 4) is 0 Å². The van der Waals surface area contributed by atoms with Crippen molar-refractivity contribution in [2.24, 2.45) is 0 Å². The first-order chi connectivity index (χ1) is 1.73. The smallest absolute Gasteiger partial charge is 0.652 e. The van der Waals surface area contributed by atoms with Crippen LogP contribution in [0.3, 0.4) is 0 Å². The van der Waals surface area contributed by atoms with Gasteiger partial charge in [0.1, 0.15) is 0 Å². The molecule has 0 spiro atoms. The molecule has 0 aromatic rings. The molecule has 0 rings (SSSR count). The second kappa shape index (κ2) is 8.97. The predicted molar refractivity (Wildman–Crippen MR) is 12.3 cm³/mol. The first-order valence-electron chi connectivity index (χ1n) is 0.612. The van der Waals surface area contributed by atoms with E-state index in [9.17, 15) is 0 Å². The Morgan fingerprint density at radius 1 is 1.33 bits per heavy atom. The predicted octanol–water partition coefficient (Wildman–Crippen LogP) is -1.59. The van der Waals surface area contributed by atoms with E-state index in [1.807, 2.05) is 0 Å². The summed E-state index contributed by atoms with van der Waals surface area (Å²) in [5.74, 6) is 0. The number of carbonyl (C=O) groups is 1. The standard InChI is InChI=1S/CH2O3.Mn.P/c2-1(3)4;;/h(H2,2,3,4);;/q;+2;+3/p-2. The molecule has 5 heteroatoms. The van der Waals surface area contributed by atoms with Crippen LogP contribution in [0.25, 0.3) is 0 Å². The minimum absolute atomic E-state index is 0. The van der Waals surface area contributed by atoms with Crippen molar-refractivity contribution < 1.29 is 32.1 Å². The average Bonchev–Trinajstić information content (AvgIpc) is 0.811. The van der Waals surface area contributed by atoms with Gasteiger partial charge in [0.05, 0.1) is 0 Å². The molecule has 0 aromatic heterocycles. The Morgan fingerprint density at radius 3 is 1.33 bits per heavy atom. The van der Waals surface area contributed by atoms with Crippen molar-refractivity contribution in [2.45, 2.75) is 0 Å². The van der Waals surface area contributed by atoms with Crippen LogP contribution >= 0.6 is 9.90 Å². The molecule has 3 nitrogen and oxygen atoms in total. The number of carboxylic acid groups (broad SMARTS) is 2. The molecule has 0 N–H and O–H groups in total. The molecule has 0 aromatic carbocycles. The summed E-state index contributed by atoms with van der Waals surface area (Å²) in [5, 5.41) is 16.7. The first kappa shape index (κ1) is 16.3. The van der Waals surface area contributed by atoms with Crippen LogP contribution in [-0.4, -0.2) is 6.16 Å². The summed E-state index contributed by atoms with van der Waals surface area (Å²) in [6.45, 7) is 0. The fourth-order valence-corrected chi connectivity index (χ4v) is 0. The van der Waals surface area contributed by atoms with Gasteiger partial charge in [-0.2, -0.15) is 0 Å². The Labute approximate surface area is 48.8 Å². The van der Waals surface area contributed by atoms with Crippen molar-refractivity contribution in [2.75, 3.05) is 0 Å². The van der Waals surface area contributed by atoms with Crippen LogP contribution in [0.2, 0.25) is 0 Å². The van der Waals surface area contributed by atoms with Gasteiger partial charge in [-0.3, -0.25) is 0 Å². The monoisotopic (exact) mass is 146 g/mol. The van der Waals surface area contributed by atoms with Gasteiger partial charge in [0.25, 0.3) is 0 Å². The summed E-state index contributed by atoms with van der Waals surface area (Å²) in [4.78, 5) is 8.33. The van der Waals surface area contributed by atoms with Crippen molar-refractivity contribution >= 4 is 16.1 Å². The first-order valence-corrected chi connectivity index (χ1v) is 0.612. The van der Waals surface area contributed by atoms with Gasteiger partial charge in [-0.05, 0) is 6.16 Å². The average molecular weight is 146 g/mol. The molecule has 0 aliphatic carbocycles. The Hall–Kier alpha value is 0.219. The van der Waals surface area contributed by atoms with E-state index in [1.165, 1.54) is 0 Å². The molecular weight excluding hydrogens is 146 g/mol. The number of hydrogen-bond acceptors (Lipinski definition) is 3. The SMILES string of the molecule is O=C([O-])[O-].[Mn+2].[P+3]. The molecule has 0 saturated heterocycles. The van der Waals surface area contributed by atoms with Crippen LogP contribution < -0.4 is 10.2 Å². The fourth-order valence-electron chi connectivity index (χ4n) is 0. The number of hydrogen-bond donors (Lipinski definition) is 0. The molecule has 0 unspecified atom stereocenters. The summed E-state index contributed by atoms with van der Waals surface area (Å²) in [6, 6.07) is 0. The van der Waals surface area contributed by atoms with Crippen LogP contribution in [-0.2, 0) is 17.1 Å². The van der Waals surface area contributed by atoms with Crippen LogP contribution in [0, 0.1) is 0 Å². The molecule has 0 bridgehead atoms. The Balaban J connectivity index is -0.0000000450. The summed E-state index contributed by atoms with van der Waals surface area (Å²) < 4.78 is 0. The molecule has 6 heavy (non-hydrogen) atoms. The Kier molecular flexibility index (Phi) is 24.4. The van der Waals surface area contributed by atoms with E-state index in [0.717, 1.165) is 0 Å². The largest absolute Gasteiger partial charge is 3.00 e. The summed E-state index contributed by atoms with van der Waals surface area (Å²) >= 11 is 0. The summed E-state index contributed by atoms with van der Waals surface area (Å²) in [5.41, 5.74) is 0. The summed E-state index contributed by atoms with van der Waals surface area (Å²) in [6.07, 6.45) is -2.33. The van der Waals surface area contributed by atoms with Crippen LogP contribution in [0.4, 0.5) is 4.79 Å². The van der Waals surface area contributed by atoms with Crippen molar-refractivity contribution in [1.82, 2.24) is 0 Å². The van der Waals surface area contributed by atoms with Crippen molar-refractivity contribution in [3.63, 3.8) is 0 Å². The summed E-state index contributed by atoms with van der Waals surface area (Å²) in [7, 11) is 0. The number of carbonyl (C=O) groups excluding carboxylic acids is 1. The second-order valence-electron chi connectivity index (χ2n) is 0.250. The van der Waals surface area contributed by atoms with E-state index in [4.69, 9.17) is 15.0 Å². The van der Waals surface area contributed by atoms with Crippen LogP contribution in [0.5, 0.6) is 0 Å². The molecule has 0 saturated carbocycles. The Morgan fingerprint density at radius 2 is 1.33 bits per heavy atom. The van der Waals surface area contributed by atoms with Gasteiger partial charge in [0.15, 0.2) is 0 Å². The van der Waals surface area contributed by atoms with Crippen LogP contribution in [0.1, 0.15) is 0 Å². The third-order valence-corrected chi connectivity index (χ3v) is 0. The number of rotatable bonds is 0. The second-order valence-corrected chi connectivity index (χ2v) is 0.250. The normalized spacial score (nSPS) is 4.00. The van der Waals surface area contributed by atoms with Gasteiger partial charge in [-0.1, -0.05) is 0 Å². The Bertz CT molecular complexity index is 33.8. The fraction of sp³-hybridized carbons (Fsp3) is 0. The van der Waals surface area contributed by atoms with Gasteiger partial charge in [-0.15, -0.1) is 0 Å². The van der Waals surface area contributed by atoms with E-state index in [2.05, 4.69) is 0 Å². The van der Waals surface area contributed by atoms with E-state index in [-0.39, 0.29) is 27.0 Å². The molecule has 31 valence electrons. The maximum atomic E-state index is 8.33. The van der Waals surface area contributed by atoms with Gasteiger partial charge < -0.3 is 15.0 Å². The zero-order valence-corrected chi connectivity index (χ0v) is 4.62. The topological polar surface area (TPSA) is 63.2 Å². The van der Waals surface area contributed by atoms with Gasteiger partial charge in [-0.25, -0.2) is 0 Å². The quantitative estimate of drug-likeness (QED) is 0.305. The maximum Gasteiger partial charge on any atom is 3.00 e. The molecule has 0 aliphatic heterocycles. The third kappa shape index (κ3) is 908. The molecular formula is CMnO3P+3. The minimum atomic E-state index is -2.33. The van der Waals surface area contributed by atoms with Gasteiger partial charge in [0, 0.05) is 0 Å². The van der Waals surface area contributed by atoms with Gasteiger partial charge in [0.2, 0.25) is 0 Å². The minimum Gasteiger partial charge on any atom is -0.652 e. The van der Waals surface area contributed by atoms with Gasteiger partial charge >= 0.3 is 27.0 Å². The van der Waals surface area contributed by atoms with Crippen LogP contribution in [0.15, 0.2) is 0 Å². The molecule has 0 amide bonds. The van der Waals surface area contributed by atoms with E-state index >= 15 is 0 Å². The molecule has 0 heterocycles. The third-order valence-electron chi connectivity index (χ3n) is 0. The maximum absolute atomic E-state index is 8.33. The van der Waals surface area contributed by atoms with E-state index < -0.39 is 6.16 Å². The molecule has 0 fully saturated rings. The molecule has 3 radical (unpaired) electrons. The zero-order chi connectivity index (χ0) is 3.58. The van der Waals surface area contributed by atoms with E-state index in [0.29, 0.717) is 0 Å². The van der Waals surface area contributed by atoms with E-state index in [1.54, 1.807) is 0 Å². The van der Waals surface area contributed by atoms with Crippen molar-refractivity contribution in [3.05, 3.63) is 0 Å². The zero-order valence-electron chi connectivity index (χ0n) is 2.55.